The Hall–Kier alpha value is -1.97. The van der Waals surface area contributed by atoms with Gasteiger partial charge >= 0.3 is 0 Å². The quantitative estimate of drug-likeness (QED) is 0.929. The number of hydrogen-bond donors (Lipinski definition) is 1. The van der Waals surface area contributed by atoms with Gasteiger partial charge in [0.1, 0.15) is 23.1 Å². The van der Waals surface area contributed by atoms with Crippen LogP contribution < -0.4 is 10.5 Å². The van der Waals surface area contributed by atoms with Gasteiger partial charge in [0.25, 0.3) is 0 Å². The standard InChI is InChI=1S/C17H25N3O/c1-6-11-20-15(18)14(19-16(20)17(2,3)4)12-9-7-8-10-13(12)21-5/h7-10H,6,11,18H2,1-5H3. The number of imidazole rings is 1. The summed E-state index contributed by atoms with van der Waals surface area (Å²) in [7, 11) is 1.67. The normalized spacial score (nSPS) is 11.7. The van der Waals surface area contributed by atoms with E-state index in [1.165, 1.54) is 0 Å². The molecule has 114 valence electrons. The van der Waals surface area contributed by atoms with E-state index in [1.807, 2.05) is 24.3 Å². The first kappa shape index (κ1) is 15.4. The molecule has 0 aliphatic carbocycles. The van der Waals surface area contributed by atoms with Crippen LogP contribution in [0.2, 0.25) is 0 Å². The van der Waals surface area contributed by atoms with Crippen molar-refractivity contribution in [2.24, 2.45) is 0 Å². The van der Waals surface area contributed by atoms with Crippen molar-refractivity contribution in [3.8, 4) is 17.0 Å². The minimum atomic E-state index is -0.0520. The lowest BCUT2D eigenvalue weighted by molar-refractivity contribution is 0.416. The lowest BCUT2D eigenvalue weighted by Gasteiger charge is -2.19. The van der Waals surface area contributed by atoms with Crippen LogP contribution in [0.4, 0.5) is 5.82 Å². The predicted molar refractivity (Wildman–Crippen MR) is 87.6 cm³/mol. The first-order chi connectivity index (χ1) is 9.90. The van der Waals surface area contributed by atoms with Crippen molar-refractivity contribution >= 4 is 5.82 Å². The predicted octanol–water partition coefficient (Wildman–Crippen LogP) is 3.85. The number of methoxy groups -OCH3 is 1. The third-order valence-electron chi connectivity index (χ3n) is 3.49. The van der Waals surface area contributed by atoms with Crippen LogP contribution in [-0.4, -0.2) is 16.7 Å². The average Bonchev–Trinajstić information content (AvgIpc) is 2.77. The number of benzene rings is 1. The summed E-state index contributed by atoms with van der Waals surface area (Å²) >= 11 is 0. The molecule has 1 heterocycles. The van der Waals surface area contributed by atoms with E-state index in [4.69, 9.17) is 15.5 Å². The average molecular weight is 287 g/mol. The van der Waals surface area contributed by atoms with Crippen molar-refractivity contribution in [1.29, 1.82) is 0 Å². The molecule has 0 aliphatic rings. The molecule has 0 amide bonds. The lowest BCUT2D eigenvalue weighted by atomic mass is 9.95. The third kappa shape index (κ3) is 2.89. The molecule has 0 unspecified atom stereocenters. The number of hydrogen-bond acceptors (Lipinski definition) is 3. The molecule has 0 atom stereocenters. The highest BCUT2D eigenvalue weighted by Crippen LogP contribution is 2.36. The van der Waals surface area contributed by atoms with E-state index in [-0.39, 0.29) is 5.41 Å². The van der Waals surface area contributed by atoms with E-state index in [1.54, 1.807) is 7.11 Å². The number of aromatic nitrogens is 2. The fourth-order valence-corrected chi connectivity index (χ4v) is 2.53. The van der Waals surface area contributed by atoms with Gasteiger partial charge in [-0.1, -0.05) is 39.8 Å². The maximum absolute atomic E-state index is 6.39. The number of nitrogens with two attached hydrogens (primary N) is 1. The minimum Gasteiger partial charge on any atom is -0.496 e. The maximum atomic E-state index is 6.39. The molecule has 0 bridgehead atoms. The molecule has 0 spiro atoms. The van der Waals surface area contributed by atoms with E-state index in [9.17, 15) is 0 Å². The van der Waals surface area contributed by atoms with Crippen LogP contribution in [0.1, 0.15) is 39.9 Å². The van der Waals surface area contributed by atoms with Gasteiger partial charge in [-0.2, -0.15) is 0 Å². The van der Waals surface area contributed by atoms with Crippen LogP contribution in [0.3, 0.4) is 0 Å². The SMILES string of the molecule is CCCn1c(C(C)(C)C)nc(-c2ccccc2OC)c1N. The molecule has 1 aromatic heterocycles. The zero-order valence-corrected chi connectivity index (χ0v) is 13.6. The van der Waals surface area contributed by atoms with Gasteiger partial charge in [-0.3, -0.25) is 0 Å². The number of ether oxygens (including phenoxy) is 1. The topological polar surface area (TPSA) is 53.1 Å². The molecule has 2 N–H and O–H groups in total. The summed E-state index contributed by atoms with van der Waals surface area (Å²) in [5.41, 5.74) is 8.09. The number of nitrogen functional groups attached to an aromatic ring is 1. The van der Waals surface area contributed by atoms with Crippen LogP contribution in [0.15, 0.2) is 24.3 Å². The Labute approximate surface area is 127 Å². The highest BCUT2D eigenvalue weighted by Gasteiger charge is 2.26. The summed E-state index contributed by atoms with van der Waals surface area (Å²) in [5.74, 6) is 2.53. The van der Waals surface area contributed by atoms with E-state index in [0.29, 0.717) is 5.82 Å². The van der Waals surface area contributed by atoms with Crippen molar-refractivity contribution in [2.75, 3.05) is 12.8 Å². The Morgan fingerprint density at radius 2 is 1.90 bits per heavy atom. The molecule has 2 rings (SSSR count). The van der Waals surface area contributed by atoms with Gasteiger partial charge in [-0.25, -0.2) is 4.98 Å². The summed E-state index contributed by atoms with van der Waals surface area (Å²) in [4.78, 5) is 4.84. The van der Waals surface area contributed by atoms with Gasteiger partial charge in [0.15, 0.2) is 0 Å². The monoisotopic (exact) mass is 287 g/mol. The van der Waals surface area contributed by atoms with E-state index in [0.717, 1.165) is 35.8 Å². The van der Waals surface area contributed by atoms with E-state index < -0.39 is 0 Å². The summed E-state index contributed by atoms with van der Waals surface area (Å²) in [6.45, 7) is 9.50. The summed E-state index contributed by atoms with van der Waals surface area (Å²) in [5, 5.41) is 0. The summed E-state index contributed by atoms with van der Waals surface area (Å²) in [6, 6.07) is 7.86. The Kier molecular flexibility index (Phi) is 4.26. The largest absolute Gasteiger partial charge is 0.496 e. The van der Waals surface area contributed by atoms with E-state index >= 15 is 0 Å². The highest BCUT2D eigenvalue weighted by atomic mass is 16.5. The fraction of sp³-hybridized carbons (Fsp3) is 0.471. The van der Waals surface area contributed by atoms with Crippen LogP contribution in [0.25, 0.3) is 11.3 Å². The molecular formula is C17H25N3O. The number of nitrogens with zero attached hydrogens (tertiary/aromatic N) is 2. The number of rotatable bonds is 4. The molecule has 0 fully saturated rings. The van der Waals surface area contributed by atoms with Gasteiger partial charge in [-0.05, 0) is 18.6 Å². The summed E-state index contributed by atoms with van der Waals surface area (Å²) in [6.07, 6.45) is 1.02. The Morgan fingerprint density at radius 1 is 1.24 bits per heavy atom. The Bertz CT molecular complexity index is 623. The molecule has 0 saturated carbocycles. The lowest BCUT2D eigenvalue weighted by Crippen LogP contribution is -2.19. The first-order valence-corrected chi connectivity index (χ1v) is 7.40. The van der Waals surface area contributed by atoms with Crippen LogP contribution in [0.5, 0.6) is 5.75 Å². The Balaban J connectivity index is 2.65. The summed E-state index contributed by atoms with van der Waals surface area (Å²) < 4.78 is 7.57. The third-order valence-corrected chi connectivity index (χ3v) is 3.49. The zero-order valence-electron chi connectivity index (χ0n) is 13.6. The minimum absolute atomic E-state index is 0.0520. The number of para-hydroxylation sites is 1. The van der Waals surface area contributed by atoms with Crippen molar-refractivity contribution in [2.45, 2.75) is 46.1 Å². The van der Waals surface area contributed by atoms with E-state index in [2.05, 4.69) is 32.3 Å². The van der Waals surface area contributed by atoms with Crippen molar-refractivity contribution in [3.05, 3.63) is 30.1 Å². The second-order valence-electron chi connectivity index (χ2n) is 6.27. The fourth-order valence-electron chi connectivity index (χ4n) is 2.53. The second kappa shape index (κ2) is 5.80. The smallest absolute Gasteiger partial charge is 0.131 e. The molecule has 4 heteroatoms. The zero-order chi connectivity index (χ0) is 15.6. The maximum Gasteiger partial charge on any atom is 0.131 e. The van der Waals surface area contributed by atoms with Gasteiger partial charge in [0.2, 0.25) is 0 Å². The molecule has 21 heavy (non-hydrogen) atoms. The first-order valence-electron chi connectivity index (χ1n) is 7.40. The van der Waals surface area contributed by atoms with Crippen LogP contribution in [-0.2, 0) is 12.0 Å². The number of anilines is 1. The van der Waals surface area contributed by atoms with Gasteiger partial charge < -0.3 is 15.0 Å². The van der Waals surface area contributed by atoms with Crippen molar-refractivity contribution < 1.29 is 4.74 Å². The van der Waals surface area contributed by atoms with Crippen LogP contribution >= 0.6 is 0 Å². The molecule has 4 nitrogen and oxygen atoms in total. The molecule has 0 aliphatic heterocycles. The molecule has 0 radical (unpaired) electrons. The van der Waals surface area contributed by atoms with Gasteiger partial charge in [0.05, 0.1) is 7.11 Å². The molecule has 2 aromatic rings. The second-order valence-corrected chi connectivity index (χ2v) is 6.27. The van der Waals surface area contributed by atoms with Crippen LogP contribution in [0, 0.1) is 0 Å². The van der Waals surface area contributed by atoms with Gasteiger partial charge in [0, 0.05) is 17.5 Å². The molecule has 0 saturated heterocycles. The Morgan fingerprint density at radius 3 is 2.48 bits per heavy atom. The molecule has 1 aromatic carbocycles. The van der Waals surface area contributed by atoms with Gasteiger partial charge in [-0.15, -0.1) is 0 Å². The highest BCUT2D eigenvalue weighted by molar-refractivity contribution is 5.76. The molecular weight excluding hydrogens is 262 g/mol. The van der Waals surface area contributed by atoms with Crippen molar-refractivity contribution in [3.63, 3.8) is 0 Å². The van der Waals surface area contributed by atoms with Crippen molar-refractivity contribution in [1.82, 2.24) is 9.55 Å².